The maximum Gasteiger partial charge on any atom is 0.266 e. The maximum absolute atomic E-state index is 12.7. The average Bonchev–Trinajstić information content (AvgIpc) is 2.80. The van der Waals surface area contributed by atoms with E-state index in [4.69, 9.17) is 16.3 Å². The van der Waals surface area contributed by atoms with Crippen LogP contribution in [0.3, 0.4) is 0 Å². The van der Waals surface area contributed by atoms with E-state index in [1.54, 1.807) is 42.5 Å². The van der Waals surface area contributed by atoms with Crippen molar-refractivity contribution in [1.29, 1.82) is 5.26 Å². The summed E-state index contributed by atoms with van der Waals surface area (Å²) in [4.78, 5) is 25.0. The molecule has 0 unspecified atom stereocenters. The second kappa shape index (κ2) is 11.5. The van der Waals surface area contributed by atoms with E-state index >= 15 is 0 Å². The van der Waals surface area contributed by atoms with Crippen molar-refractivity contribution in [3.05, 3.63) is 92.4 Å². The van der Waals surface area contributed by atoms with Crippen molar-refractivity contribution in [2.45, 2.75) is 13.8 Å². The number of nitrogens with one attached hydrogen (secondary N) is 2. The Kier molecular flexibility index (Phi) is 8.47. The first-order chi connectivity index (χ1) is 16.3. The molecule has 2 amide bonds. The van der Waals surface area contributed by atoms with Gasteiger partial charge in [0.05, 0.1) is 0 Å². The Morgan fingerprint density at radius 2 is 1.82 bits per heavy atom. The van der Waals surface area contributed by atoms with Gasteiger partial charge in [-0.05, 0) is 67.4 Å². The second-order valence-corrected chi connectivity index (χ2v) is 8.74. The molecule has 0 aliphatic carbocycles. The zero-order valence-electron chi connectivity index (χ0n) is 18.5. The van der Waals surface area contributed by atoms with E-state index < -0.39 is 5.91 Å². The number of rotatable bonds is 7. The predicted octanol–water partition coefficient (Wildman–Crippen LogP) is 6.28. The molecule has 0 radical (unpaired) electrons. The number of nitriles is 1. The van der Waals surface area contributed by atoms with Crippen LogP contribution in [0.2, 0.25) is 5.02 Å². The molecule has 34 heavy (non-hydrogen) atoms. The van der Waals surface area contributed by atoms with Crippen molar-refractivity contribution in [2.75, 3.05) is 17.2 Å². The van der Waals surface area contributed by atoms with Gasteiger partial charge in [-0.1, -0.05) is 51.8 Å². The topological polar surface area (TPSA) is 91.2 Å². The molecule has 0 aliphatic heterocycles. The lowest BCUT2D eigenvalue weighted by atomic mass is 10.1. The van der Waals surface area contributed by atoms with E-state index in [1.807, 2.05) is 38.1 Å². The van der Waals surface area contributed by atoms with Gasteiger partial charge in [-0.2, -0.15) is 5.26 Å². The number of nitrogens with zero attached hydrogens (tertiary/aromatic N) is 1. The first kappa shape index (κ1) is 25.0. The van der Waals surface area contributed by atoms with Crippen LogP contribution in [0.4, 0.5) is 11.4 Å². The van der Waals surface area contributed by atoms with Crippen LogP contribution in [0.1, 0.15) is 16.7 Å². The van der Waals surface area contributed by atoms with Crippen LogP contribution < -0.4 is 15.4 Å². The highest BCUT2D eigenvalue weighted by atomic mass is 79.9. The first-order valence-electron chi connectivity index (χ1n) is 10.2. The van der Waals surface area contributed by atoms with Crippen molar-refractivity contribution in [1.82, 2.24) is 0 Å². The third-order valence-corrected chi connectivity index (χ3v) is 5.74. The predicted molar refractivity (Wildman–Crippen MR) is 138 cm³/mol. The van der Waals surface area contributed by atoms with E-state index in [1.165, 1.54) is 6.08 Å². The number of amides is 2. The average molecular weight is 539 g/mol. The minimum Gasteiger partial charge on any atom is -0.483 e. The van der Waals surface area contributed by atoms with E-state index in [9.17, 15) is 14.9 Å². The monoisotopic (exact) mass is 537 g/mol. The Hall–Kier alpha value is -3.60. The Labute approximate surface area is 211 Å². The molecule has 3 rings (SSSR count). The molecule has 0 aromatic heterocycles. The molecule has 2 N–H and O–H groups in total. The number of anilines is 2. The van der Waals surface area contributed by atoms with Crippen molar-refractivity contribution < 1.29 is 14.3 Å². The van der Waals surface area contributed by atoms with Gasteiger partial charge in [-0.15, -0.1) is 0 Å². The Balaban J connectivity index is 1.75. The fraction of sp³-hybridized carbons (Fsp3) is 0.115. The number of para-hydroxylation sites is 1. The number of carbonyl (C=O) groups excluding carboxylic acids is 2. The molecule has 0 saturated carbocycles. The van der Waals surface area contributed by atoms with Gasteiger partial charge in [0, 0.05) is 26.4 Å². The second-order valence-electron chi connectivity index (χ2n) is 7.42. The summed E-state index contributed by atoms with van der Waals surface area (Å²) >= 11 is 9.49. The molecule has 0 atom stereocenters. The van der Waals surface area contributed by atoms with Gasteiger partial charge in [0.1, 0.15) is 17.4 Å². The van der Waals surface area contributed by atoms with Crippen molar-refractivity contribution in [3.8, 4) is 11.8 Å². The van der Waals surface area contributed by atoms with E-state index in [-0.39, 0.29) is 18.1 Å². The lowest BCUT2D eigenvalue weighted by molar-refractivity contribution is -0.118. The Morgan fingerprint density at radius 3 is 2.53 bits per heavy atom. The molecule has 0 saturated heterocycles. The van der Waals surface area contributed by atoms with Crippen LogP contribution in [0, 0.1) is 25.2 Å². The Morgan fingerprint density at radius 1 is 1.06 bits per heavy atom. The van der Waals surface area contributed by atoms with E-state index in [2.05, 4.69) is 26.6 Å². The van der Waals surface area contributed by atoms with E-state index in [0.717, 1.165) is 15.6 Å². The standard InChI is InChI=1S/C26H21BrClN3O3/c1-16-7-9-21(13-22(16)28)30-25(32)15-34-24-10-8-20(27)12-18(24)11-19(14-29)26(33)31-23-6-4-3-5-17(23)2/h3-13H,15H2,1-2H3,(H,30,32)(H,31,33)/b19-11-. The number of benzene rings is 3. The molecule has 0 spiro atoms. The van der Waals surface area contributed by atoms with Crippen LogP contribution in [-0.4, -0.2) is 18.4 Å². The summed E-state index contributed by atoms with van der Waals surface area (Å²) in [5, 5.41) is 15.6. The van der Waals surface area contributed by atoms with Gasteiger partial charge in [0.25, 0.3) is 11.8 Å². The smallest absolute Gasteiger partial charge is 0.266 e. The number of carbonyl (C=O) groups is 2. The fourth-order valence-corrected chi connectivity index (χ4v) is 3.54. The summed E-state index contributed by atoms with van der Waals surface area (Å²) in [5.41, 5.74) is 3.32. The van der Waals surface area contributed by atoms with Crippen LogP contribution in [0.5, 0.6) is 5.75 Å². The highest BCUT2D eigenvalue weighted by molar-refractivity contribution is 9.10. The van der Waals surface area contributed by atoms with Crippen LogP contribution >= 0.6 is 27.5 Å². The number of hydrogen-bond acceptors (Lipinski definition) is 4. The molecular formula is C26H21BrClN3O3. The van der Waals surface area contributed by atoms with Gasteiger partial charge < -0.3 is 15.4 Å². The van der Waals surface area contributed by atoms with Crippen molar-refractivity contribution in [2.24, 2.45) is 0 Å². The third-order valence-electron chi connectivity index (χ3n) is 4.84. The first-order valence-corrected chi connectivity index (χ1v) is 11.4. The summed E-state index contributed by atoms with van der Waals surface area (Å²) in [6, 6.07) is 19.5. The summed E-state index contributed by atoms with van der Waals surface area (Å²) in [7, 11) is 0. The molecule has 6 nitrogen and oxygen atoms in total. The number of ether oxygens (including phenoxy) is 1. The summed E-state index contributed by atoms with van der Waals surface area (Å²) in [5.74, 6) is -0.580. The molecule has 0 heterocycles. The van der Waals surface area contributed by atoms with Gasteiger partial charge in [-0.3, -0.25) is 9.59 Å². The van der Waals surface area contributed by atoms with Crippen LogP contribution in [0.25, 0.3) is 6.08 Å². The molecule has 0 fully saturated rings. The van der Waals surface area contributed by atoms with Crippen molar-refractivity contribution in [3.63, 3.8) is 0 Å². The molecule has 172 valence electrons. The quantitative estimate of drug-likeness (QED) is 0.273. The van der Waals surface area contributed by atoms with Gasteiger partial charge in [0.15, 0.2) is 6.61 Å². The zero-order chi connectivity index (χ0) is 24.7. The fourth-order valence-electron chi connectivity index (χ4n) is 2.98. The van der Waals surface area contributed by atoms with E-state index in [0.29, 0.717) is 27.7 Å². The normalized spacial score (nSPS) is 10.9. The number of aryl methyl sites for hydroxylation is 2. The SMILES string of the molecule is Cc1ccc(NC(=O)COc2ccc(Br)cc2/C=C(/C#N)C(=O)Nc2ccccc2C)cc1Cl. The molecular weight excluding hydrogens is 518 g/mol. The largest absolute Gasteiger partial charge is 0.483 e. The van der Waals surface area contributed by atoms with Crippen LogP contribution in [0.15, 0.2) is 70.7 Å². The highest BCUT2D eigenvalue weighted by Crippen LogP contribution is 2.26. The molecule has 3 aromatic carbocycles. The van der Waals surface area contributed by atoms with Crippen molar-refractivity contribution >= 4 is 56.8 Å². The summed E-state index contributed by atoms with van der Waals surface area (Å²) < 4.78 is 6.41. The maximum atomic E-state index is 12.7. The lowest BCUT2D eigenvalue weighted by Crippen LogP contribution is -2.20. The molecule has 3 aromatic rings. The summed E-state index contributed by atoms with van der Waals surface area (Å²) in [6.45, 7) is 3.46. The zero-order valence-corrected chi connectivity index (χ0v) is 20.8. The lowest BCUT2D eigenvalue weighted by Gasteiger charge is -2.12. The van der Waals surface area contributed by atoms with Gasteiger partial charge in [-0.25, -0.2) is 0 Å². The van der Waals surface area contributed by atoms with Crippen LogP contribution in [-0.2, 0) is 9.59 Å². The summed E-state index contributed by atoms with van der Waals surface area (Å²) in [6.07, 6.45) is 1.42. The minimum absolute atomic E-state index is 0.107. The Bertz CT molecular complexity index is 1310. The molecule has 8 heteroatoms. The minimum atomic E-state index is -0.545. The number of halogens is 2. The number of hydrogen-bond donors (Lipinski definition) is 2. The molecule has 0 aliphatic rings. The molecule has 0 bridgehead atoms. The highest BCUT2D eigenvalue weighted by Gasteiger charge is 2.14. The van der Waals surface area contributed by atoms with Gasteiger partial charge in [0.2, 0.25) is 0 Å². The third kappa shape index (κ3) is 6.70. The van der Waals surface area contributed by atoms with Gasteiger partial charge >= 0.3 is 0 Å².